The fourth-order valence-electron chi connectivity index (χ4n) is 3.72. The van der Waals surface area contributed by atoms with Crippen LogP contribution in [-0.2, 0) is 19.2 Å². The number of nitrogens with zero attached hydrogens (tertiary/aromatic N) is 2. The van der Waals surface area contributed by atoms with E-state index in [4.69, 9.17) is 9.25 Å². The third-order valence-electron chi connectivity index (χ3n) is 5.63. The third-order valence-corrected chi connectivity index (χ3v) is 5.63. The summed E-state index contributed by atoms with van der Waals surface area (Å²) in [5, 5.41) is 3.88. The fraction of sp³-hybridized carbons (Fsp3) is 0.458. The number of hydrogen-bond acceptors (Lipinski definition) is 8. The van der Waals surface area contributed by atoms with Crippen LogP contribution < -0.4 is 15.8 Å². The smallest absolute Gasteiger partial charge is 0.349 e. The van der Waals surface area contributed by atoms with Gasteiger partial charge in [0.1, 0.15) is 11.1 Å². The molecule has 10 nitrogen and oxygen atoms in total. The molecule has 182 valence electrons. The van der Waals surface area contributed by atoms with Crippen molar-refractivity contribution in [2.24, 2.45) is 0 Å². The number of fused-ring (bicyclic) bond motifs is 1. The van der Waals surface area contributed by atoms with E-state index >= 15 is 0 Å². The molecular formula is C24H29N3O7. The summed E-state index contributed by atoms with van der Waals surface area (Å²) in [6, 6.07) is 7.08. The van der Waals surface area contributed by atoms with Crippen LogP contribution in [0.1, 0.15) is 62.7 Å². The van der Waals surface area contributed by atoms with Gasteiger partial charge in [-0.05, 0) is 44.9 Å². The van der Waals surface area contributed by atoms with E-state index in [1.807, 2.05) is 26.0 Å². The van der Waals surface area contributed by atoms with E-state index in [0.29, 0.717) is 41.8 Å². The molecule has 1 aromatic carbocycles. The number of imide groups is 1. The Morgan fingerprint density at radius 3 is 2.41 bits per heavy atom. The van der Waals surface area contributed by atoms with Crippen molar-refractivity contribution in [1.82, 2.24) is 10.4 Å². The van der Waals surface area contributed by atoms with Crippen molar-refractivity contribution in [3.63, 3.8) is 0 Å². The molecule has 0 bridgehead atoms. The van der Waals surface area contributed by atoms with Gasteiger partial charge in [-0.25, -0.2) is 9.59 Å². The monoisotopic (exact) mass is 471 g/mol. The minimum absolute atomic E-state index is 0.0503. The van der Waals surface area contributed by atoms with Gasteiger partial charge in [-0.15, -0.1) is 5.06 Å². The highest BCUT2D eigenvalue weighted by Crippen LogP contribution is 2.22. The number of nitrogens with one attached hydrogen (secondary N) is 1. The summed E-state index contributed by atoms with van der Waals surface area (Å²) in [6.45, 7) is 6.05. The summed E-state index contributed by atoms with van der Waals surface area (Å²) in [5.41, 5.74) is 0.609. The molecule has 0 radical (unpaired) electrons. The van der Waals surface area contributed by atoms with Crippen LogP contribution >= 0.6 is 0 Å². The molecule has 1 saturated heterocycles. The Morgan fingerprint density at radius 1 is 1.03 bits per heavy atom. The summed E-state index contributed by atoms with van der Waals surface area (Å²) < 4.78 is 5.39. The number of benzene rings is 1. The van der Waals surface area contributed by atoms with Crippen LogP contribution in [0.5, 0.6) is 0 Å². The van der Waals surface area contributed by atoms with Crippen LogP contribution in [0.4, 0.5) is 5.69 Å². The number of rotatable bonds is 11. The lowest BCUT2D eigenvalue weighted by atomic mass is 10.1. The summed E-state index contributed by atoms with van der Waals surface area (Å²) in [6.07, 6.45) is 1.81. The van der Waals surface area contributed by atoms with Crippen molar-refractivity contribution in [2.45, 2.75) is 52.4 Å². The van der Waals surface area contributed by atoms with E-state index < -0.39 is 29.3 Å². The lowest BCUT2D eigenvalue weighted by Gasteiger charge is -2.21. The lowest BCUT2D eigenvalue weighted by molar-refractivity contribution is -0.197. The maximum atomic E-state index is 12.4. The van der Waals surface area contributed by atoms with Crippen LogP contribution in [-0.4, -0.2) is 48.4 Å². The molecule has 0 aliphatic carbocycles. The standard InChI is InChI=1S/C24H29N3O7/c1-3-26(4-2)17-10-9-16-14-18(24(32)33-19(16)15-17)23(31)25-13-7-5-6-8-22(30)34-27-20(28)11-12-21(27)29/h9-10,14-15H,3-8,11-13H2,1-2H3,(H,25,31). The second-order valence-electron chi connectivity index (χ2n) is 7.95. The van der Waals surface area contributed by atoms with Crippen LogP contribution in [0.25, 0.3) is 11.0 Å². The van der Waals surface area contributed by atoms with Gasteiger partial charge in [0.25, 0.3) is 17.7 Å². The molecule has 0 saturated carbocycles. The number of unbranched alkanes of at least 4 members (excludes halogenated alkanes) is 2. The van der Waals surface area contributed by atoms with Gasteiger partial charge < -0.3 is 19.5 Å². The molecule has 34 heavy (non-hydrogen) atoms. The Bertz CT molecular complexity index is 1120. The van der Waals surface area contributed by atoms with Crippen LogP contribution in [0.2, 0.25) is 0 Å². The van der Waals surface area contributed by atoms with Gasteiger partial charge in [-0.1, -0.05) is 6.42 Å². The Kier molecular flexibility index (Phi) is 8.39. The van der Waals surface area contributed by atoms with Gasteiger partial charge in [-0.2, -0.15) is 0 Å². The highest BCUT2D eigenvalue weighted by atomic mass is 16.7. The van der Waals surface area contributed by atoms with Gasteiger partial charge in [0.2, 0.25) is 0 Å². The predicted molar refractivity (Wildman–Crippen MR) is 124 cm³/mol. The Balaban J connectivity index is 1.45. The fourth-order valence-corrected chi connectivity index (χ4v) is 3.72. The number of hydroxylamine groups is 2. The highest BCUT2D eigenvalue weighted by Gasteiger charge is 2.32. The van der Waals surface area contributed by atoms with Crippen LogP contribution in [0.15, 0.2) is 33.5 Å². The van der Waals surface area contributed by atoms with Crippen molar-refractivity contribution in [1.29, 1.82) is 0 Å². The first kappa shape index (κ1) is 24.9. The summed E-state index contributed by atoms with van der Waals surface area (Å²) >= 11 is 0. The van der Waals surface area contributed by atoms with Crippen molar-refractivity contribution in [2.75, 3.05) is 24.5 Å². The summed E-state index contributed by atoms with van der Waals surface area (Å²) in [4.78, 5) is 66.4. The largest absolute Gasteiger partial charge is 0.422 e. The molecule has 2 heterocycles. The summed E-state index contributed by atoms with van der Waals surface area (Å²) in [5.74, 6) is -2.19. The highest BCUT2D eigenvalue weighted by molar-refractivity contribution is 6.01. The molecule has 1 aliphatic rings. The summed E-state index contributed by atoms with van der Waals surface area (Å²) in [7, 11) is 0. The molecule has 1 aliphatic heterocycles. The second-order valence-corrected chi connectivity index (χ2v) is 7.95. The molecule has 3 amide bonds. The Morgan fingerprint density at radius 2 is 1.74 bits per heavy atom. The third kappa shape index (κ3) is 6.00. The minimum Gasteiger partial charge on any atom is -0.422 e. The van der Waals surface area contributed by atoms with E-state index in [1.54, 1.807) is 6.07 Å². The van der Waals surface area contributed by atoms with Crippen molar-refractivity contribution in [3.8, 4) is 0 Å². The van der Waals surface area contributed by atoms with E-state index in [-0.39, 0.29) is 24.8 Å². The van der Waals surface area contributed by atoms with Crippen molar-refractivity contribution < 1.29 is 28.4 Å². The number of amides is 3. The Labute approximate surface area is 196 Å². The van der Waals surface area contributed by atoms with Crippen molar-refractivity contribution >= 4 is 40.3 Å². The van der Waals surface area contributed by atoms with Gasteiger partial charge in [-0.3, -0.25) is 14.4 Å². The van der Waals surface area contributed by atoms with Gasteiger partial charge >= 0.3 is 11.6 Å². The van der Waals surface area contributed by atoms with Gasteiger partial charge in [0, 0.05) is 56.0 Å². The Hall–Kier alpha value is -3.69. The van der Waals surface area contributed by atoms with E-state index in [9.17, 15) is 24.0 Å². The average Bonchev–Trinajstić information content (AvgIpc) is 3.13. The van der Waals surface area contributed by atoms with E-state index in [1.165, 1.54) is 6.07 Å². The maximum Gasteiger partial charge on any atom is 0.349 e. The molecule has 1 fully saturated rings. The van der Waals surface area contributed by atoms with Gasteiger partial charge in [0.05, 0.1) is 0 Å². The number of carbonyl (C=O) groups is 4. The van der Waals surface area contributed by atoms with E-state index in [2.05, 4.69) is 10.2 Å². The van der Waals surface area contributed by atoms with Gasteiger partial charge in [0.15, 0.2) is 0 Å². The molecule has 0 atom stereocenters. The van der Waals surface area contributed by atoms with Crippen LogP contribution in [0, 0.1) is 0 Å². The lowest BCUT2D eigenvalue weighted by Crippen LogP contribution is -2.32. The topological polar surface area (TPSA) is 126 Å². The zero-order chi connectivity index (χ0) is 24.7. The van der Waals surface area contributed by atoms with E-state index in [0.717, 1.165) is 18.8 Å². The molecule has 2 aromatic rings. The quantitative estimate of drug-likeness (QED) is 0.301. The molecule has 0 unspecified atom stereocenters. The van der Waals surface area contributed by atoms with Crippen molar-refractivity contribution in [3.05, 3.63) is 40.2 Å². The first-order valence-electron chi connectivity index (χ1n) is 11.5. The molecule has 1 aromatic heterocycles. The maximum absolute atomic E-state index is 12.4. The zero-order valence-electron chi connectivity index (χ0n) is 19.4. The first-order chi connectivity index (χ1) is 16.3. The molecule has 3 rings (SSSR count). The normalized spacial score (nSPS) is 13.4. The zero-order valence-corrected chi connectivity index (χ0v) is 19.4. The SMILES string of the molecule is CCN(CC)c1ccc2cc(C(=O)NCCCCCC(=O)ON3C(=O)CCC3=O)c(=O)oc2c1. The number of carbonyl (C=O) groups excluding carboxylic acids is 4. The predicted octanol–water partition coefficient (Wildman–Crippen LogP) is 2.54. The second kappa shape index (κ2) is 11.4. The molecule has 1 N–H and O–H groups in total. The van der Waals surface area contributed by atoms with Crippen LogP contribution in [0.3, 0.4) is 0 Å². The number of hydrogen-bond donors (Lipinski definition) is 1. The minimum atomic E-state index is -0.699. The molecule has 0 spiro atoms. The first-order valence-corrected chi connectivity index (χ1v) is 11.5. The molecular weight excluding hydrogens is 442 g/mol. The molecule has 10 heteroatoms. The number of anilines is 1. The average molecular weight is 472 g/mol.